The van der Waals surface area contributed by atoms with Crippen LogP contribution in [0, 0.1) is 0 Å². The van der Waals surface area contributed by atoms with Gasteiger partial charge in [0, 0.05) is 31.3 Å². The molecule has 32 heavy (non-hydrogen) atoms. The quantitative estimate of drug-likeness (QED) is 0.605. The molecule has 3 aromatic rings. The Hall–Kier alpha value is -3.06. The highest BCUT2D eigenvalue weighted by atomic mass is 16.5. The molecule has 0 radical (unpaired) electrons. The lowest BCUT2D eigenvalue weighted by Crippen LogP contribution is -2.44. The first-order valence-corrected chi connectivity index (χ1v) is 11.3. The van der Waals surface area contributed by atoms with Crippen molar-refractivity contribution in [3.8, 4) is 22.9 Å². The molecule has 5 rings (SSSR count). The summed E-state index contributed by atoms with van der Waals surface area (Å²) in [5, 5.41) is 0. The SMILES string of the molecule is COc1ccc(-c2nc3ccccc3n2C2CCN(C(=O)[C@H]3CCCO3)CC2)cc1OC. The number of amides is 1. The Morgan fingerprint density at radius 3 is 2.53 bits per heavy atom. The van der Waals surface area contributed by atoms with Gasteiger partial charge in [-0.2, -0.15) is 0 Å². The number of hydrogen-bond donors (Lipinski definition) is 0. The molecule has 1 amide bonds. The number of carbonyl (C=O) groups excluding carboxylic acids is 1. The van der Waals surface area contributed by atoms with Gasteiger partial charge in [0.2, 0.25) is 0 Å². The minimum absolute atomic E-state index is 0.150. The van der Waals surface area contributed by atoms with Crippen molar-refractivity contribution >= 4 is 16.9 Å². The number of carbonyl (C=O) groups is 1. The maximum absolute atomic E-state index is 12.8. The lowest BCUT2D eigenvalue weighted by molar-refractivity contribution is -0.142. The number of benzene rings is 2. The summed E-state index contributed by atoms with van der Waals surface area (Å²) in [4.78, 5) is 19.7. The number of likely N-dealkylation sites (tertiary alicyclic amines) is 1. The van der Waals surface area contributed by atoms with Crippen molar-refractivity contribution in [3.05, 3.63) is 42.5 Å². The lowest BCUT2D eigenvalue weighted by atomic mass is 10.0. The highest BCUT2D eigenvalue weighted by Gasteiger charge is 2.32. The van der Waals surface area contributed by atoms with Crippen molar-refractivity contribution in [2.75, 3.05) is 33.9 Å². The third-order valence-corrected chi connectivity index (χ3v) is 6.58. The van der Waals surface area contributed by atoms with Crippen LogP contribution in [0.1, 0.15) is 31.7 Å². The van der Waals surface area contributed by atoms with Gasteiger partial charge in [-0.05, 0) is 56.0 Å². The van der Waals surface area contributed by atoms with Gasteiger partial charge in [0.05, 0.1) is 25.3 Å². The maximum atomic E-state index is 12.8. The van der Waals surface area contributed by atoms with Gasteiger partial charge in [0.1, 0.15) is 11.9 Å². The summed E-state index contributed by atoms with van der Waals surface area (Å²) in [6, 6.07) is 14.4. The Morgan fingerprint density at radius 1 is 1.03 bits per heavy atom. The van der Waals surface area contributed by atoms with Gasteiger partial charge in [-0.3, -0.25) is 4.79 Å². The second-order valence-electron chi connectivity index (χ2n) is 8.42. The third-order valence-electron chi connectivity index (χ3n) is 6.58. The average molecular weight is 436 g/mol. The van der Waals surface area contributed by atoms with E-state index in [0.717, 1.165) is 61.2 Å². The van der Waals surface area contributed by atoms with Crippen molar-refractivity contribution in [1.29, 1.82) is 0 Å². The number of aromatic nitrogens is 2. The minimum Gasteiger partial charge on any atom is -0.493 e. The number of nitrogens with zero attached hydrogens (tertiary/aromatic N) is 3. The number of hydrogen-bond acceptors (Lipinski definition) is 5. The molecule has 2 fully saturated rings. The Kier molecular flexibility index (Phi) is 5.74. The van der Waals surface area contributed by atoms with E-state index in [1.54, 1.807) is 14.2 Å². The predicted molar refractivity (Wildman–Crippen MR) is 122 cm³/mol. The van der Waals surface area contributed by atoms with E-state index in [1.807, 2.05) is 35.2 Å². The fourth-order valence-electron chi connectivity index (χ4n) is 4.91. The molecule has 1 aromatic heterocycles. The van der Waals surface area contributed by atoms with E-state index in [2.05, 4.69) is 16.7 Å². The number of piperidine rings is 1. The van der Waals surface area contributed by atoms with Gasteiger partial charge in [0.25, 0.3) is 5.91 Å². The zero-order chi connectivity index (χ0) is 22.1. The number of ether oxygens (including phenoxy) is 3. The molecule has 0 saturated carbocycles. The summed E-state index contributed by atoms with van der Waals surface area (Å²) >= 11 is 0. The maximum Gasteiger partial charge on any atom is 0.251 e. The number of imidazole rings is 1. The lowest BCUT2D eigenvalue weighted by Gasteiger charge is -2.34. The van der Waals surface area contributed by atoms with Crippen molar-refractivity contribution < 1.29 is 19.0 Å². The topological polar surface area (TPSA) is 65.8 Å². The van der Waals surface area contributed by atoms with Gasteiger partial charge in [-0.1, -0.05) is 12.1 Å². The summed E-state index contributed by atoms with van der Waals surface area (Å²) in [5.41, 5.74) is 3.06. The van der Waals surface area contributed by atoms with Crippen LogP contribution in [0.15, 0.2) is 42.5 Å². The molecule has 0 N–H and O–H groups in total. The van der Waals surface area contributed by atoms with E-state index in [1.165, 1.54) is 0 Å². The second kappa shape index (κ2) is 8.82. The number of methoxy groups -OCH3 is 2. The van der Waals surface area contributed by atoms with Gasteiger partial charge >= 0.3 is 0 Å². The molecule has 0 spiro atoms. The highest BCUT2D eigenvalue weighted by Crippen LogP contribution is 2.37. The Balaban J connectivity index is 1.46. The van der Waals surface area contributed by atoms with Crippen LogP contribution in [0.3, 0.4) is 0 Å². The van der Waals surface area contributed by atoms with Crippen LogP contribution >= 0.6 is 0 Å². The first-order chi connectivity index (χ1) is 15.7. The fourth-order valence-corrected chi connectivity index (χ4v) is 4.91. The van der Waals surface area contributed by atoms with Crippen molar-refractivity contribution in [1.82, 2.24) is 14.5 Å². The monoisotopic (exact) mass is 435 g/mol. The van der Waals surface area contributed by atoms with E-state index >= 15 is 0 Å². The molecule has 7 heteroatoms. The minimum atomic E-state index is -0.247. The van der Waals surface area contributed by atoms with Crippen LogP contribution in [-0.2, 0) is 9.53 Å². The molecule has 2 aliphatic rings. The molecule has 2 saturated heterocycles. The molecule has 0 bridgehead atoms. The molecular formula is C25H29N3O4. The van der Waals surface area contributed by atoms with Crippen LogP contribution in [0.2, 0.25) is 0 Å². The number of rotatable bonds is 5. The summed E-state index contributed by atoms with van der Waals surface area (Å²) in [6.45, 7) is 2.17. The molecule has 2 aliphatic heterocycles. The summed E-state index contributed by atoms with van der Waals surface area (Å²) in [7, 11) is 3.28. The predicted octanol–water partition coefficient (Wildman–Crippen LogP) is 4.06. The van der Waals surface area contributed by atoms with Crippen LogP contribution in [0.4, 0.5) is 0 Å². The first-order valence-electron chi connectivity index (χ1n) is 11.3. The first kappa shape index (κ1) is 20.8. The summed E-state index contributed by atoms with van der Waals surface area (Å²) in [6.07, 6.45) is 3.35. The highest BCUT2D eigenvalue weighted by molar-refractivity contribution is 5.82. The molecule has 3 heterocycles. The number of fused-ring (bicyclic) bond motifs is 1. The van der Waals surface area contributed by atoms with Gasteiger partial charge in [-0.15, -0.1) is 0 Å². The molecular weight excluding hydrogens is 406 g/mol. The Bertz CT molecular complexity index is 1110. The van der Waals surface area contributed by atoms with E-state index in [9.17, 15) is 4.79 Å². The van der Waals surface area contributed by atoms with E-state index in [4.69, 9.17) is 19.2 Å². The largest absolute Gasteiger partial charge is 0.493 e. The molecule has 2 aromatic carbocycles. The fraction of sp³-hybridized carbons (Fsp3) is 0.440. The van der Waals surface area contributed by atoms with Gasteiger partial charge in [0.15, 0.2) is 11.5 Å². The van der Waals surface area contributed by atoms with Crippen LogP contribution in [-0.4, -0.2) is 60.4 Å². The van der Waals surface area contributed by atoms with Crippen LogP contribution < -0.4 is 9.47 Å². The van der Waals surface area contributed by atoms with E-state index < -0.39 is 0 Å². The molecule has 0 unspecified atom stereocenters. The van der Waals surface area contributed by atoms with E-state index in [-0.39, 0.29) is 18.1 Å². The molecule has 0 aliphatic carbocycles. The third kappa shape index (κ3) is 3.71. The normalized spacial score (nSPS) is 19.4. The smallest absolute Gasteiger partial charge is 0.251 e. The van der Waals surface area contributed by atoms with Crippen molar-refractivity contribution in [2.45, 2.75) is 37.8 Å². The zero-order valence-corrected chi connectivity index (χ0v) is 18.6. The molecule has 1 atom stereocenters. The molecule has 7 nitrogen and oxygen atoms in total. The van der Waals surface area contributed by atoms with Crippen LogP contribution in [0.25, 0.3) is 22.4 Å². The second-order valence-corrected chi connectivity index (χ2v) is 8.42. The summed E-state index contributed by atoms with van der Waals surface area (Å²) in [5.74, 6) is 2.44. The molecule has 168 valence electrons. The summed E-state index contributed by atoms with van der Waals surface area (Å²) < 4.78 is 18.9. The van der Waals surface area contributed by atoms with Gasteiger partial charge in [-0.25, -0.2) is 4.98 Å². The average Bonchev–Trinajstić information content (AvgIpc) is 3.51. The zero-order valence-electron chi connectivity index (χ0n) is 18.6. The van der Waals surface area contributed by atoms with Gasteiger partial charge < -0.3 is 23.7 Å². The van der Waals surface area contributed by atoms with Crippen molar-refractivity contribution in [3.63, 3.8) is 0 Å². The van der Waals surface area contributed by atoms with Crippen molar-refractivity contribution in [2.24, 2.45) is 0 Å². The standard InChI is InChI=1S/C25H29N3O4/c1-30-21-10-9-17(16-23(21)31-2)24-26-19-6-3-4-7-20(19)28(24)18-11-13-27(14-12-18)25(29)22-8-5-15-32-22/h3-4,6-7,9-10,16,18,22H,5,8,11-15H2,1-2H3/t22-/m1/s1. The number of para-hydroxylation sites is 2. The Morgan fingerprint density at radius 2 is 1.81 bits per heavy atom. The van der Waals surface area contributed by atoms with E-state index in [0.29, 0.717) is 18.1 Å². The van der Waals surface area contributed by atoms with Crippen LogP contribution in [0.5, 0.6) is 11.5 Å². The Labute approximate surface area is 187 Å².